The van der Waals surface area contributed by atoms with E-state index in [-0.39, 0.29) is 31.6 Å². The molecule has 50 heavy (non-hydrogen) atoms. The molecule has 2 aromatic carbocycles. The Labute approximate surface area is 288 Å². The number of hydrogen-bond donors (Lipinski definition) is 8. The molecule has 3 heterocycles. The molecule has 15 nitrogen and oxygen atoms in total. The molecule has 264 valence electrons. The summed E-state index contributed by atoms with van der Waals surface area (Å²) in [5.74, 6) is -4.00. The summed E-state index contributed by atoms with van der Waals surface area (Å²) >= 11 is 0. The minimum atomic E-state index is -1.30. The number of aromatic amines is 1. The first kappa shape index (κ1) is 35.4. The number of amides is 6. The van der Waals surface area contributed by atoms with Crippen molar-refractivity contribution in [3.8, 4) is 5.75 Å². The van der Waals surface area contributed by atoms with Crippen LogP contribution in [0.2, 0.25) is 0 Å². The number of H-pyrrole nitrogens is 1. The van der Waals surface area contributed by atoms with Crippen molar-refractivity contribution in [2.24, 2.45) is 11.5 Å². The van der Waals surface area contributed by atoms with Gasteiger partial charge in [0.25, 0.3) is 0 Å². The zero-order valence-electron chi connectivity index (χ0n) is 27.4. The van der Waals surface area contributed by atoms with Crippen LogP contribution in [0.4, 0.5) is 0 Å². The second-order valence-electron chi connectivity index (χ2n) is 12.7. The Morgan fingerprint density at radius 1 is 0.900 bits per heavy atom. The topological polar surface area (TPSA) is 242 Å². The van der Waals surface area contributed by atoms with Gasteiger partial charge in [0.05, 0.1) is 6.42 Å². The molecule has 2 aliphatic rings. The number of hydrogen-bond acceptors (Lipinski definition) is 8. The summed E-state index contributed by atoms with van der Waals surface area (Å²) in [4.78, 5) is 83.3. The van der Waals surface area contributed by atoms with Gasteiger partial charge in [-0.15, -0.1) is 0 Å². The SMILES string of the molecule is C=C1CCC(C(=O)NC(CC(N)=O)C(=O)N2CCCC2C(=O)NC(Cc2c[nH]c3ccccc23)C(=O)NC(Cc2ccc(O)cc2)C(N)=O)N1. The van der Waals surface area contributed by atoms with Gasteiger partial charge in [-0.05, 0) is 55.0 Å². The van der Waals surface area contributed by atoms with Gasteiger partial charge in [-0.2, -0.15) is 0 Å². The fourth-order valence-corrected chi connectivity index (χ4v) is 6.44. The molecule has 3 aromatic rings. The van der Waals surface area contributed by atoms with Crippen molar-refractivity contribution in [1.29, 1.82) is 0 Å². The standard InChI is InChI=1S/C35H42N8O7/c1-19-8-13-25(39-19)32(47)42-28(17-30(36)45)35(50)43-14-4-7-29(43)34(49)41-27(16-21-18-38-24-6-3-2-5-23(21)24)33(48)40-26(31(37)46)15-20-9-11-22(44)12-10-20/h2-3,5-6,9-12,18,25-29,38-39,44H,1,4,7-8,13-17H2,(H2,36,45)(H2,37,46)(H,40,48)(H,41,49)(H,42,47). The van der Waals surface area contributed by atoms with Crippen LogP contribution in [0.25, 0.3) is 10.9 Å². The highest BCUT2D eigenvalue weighted by atomic mass is 16.3. The van der Waals surface area contributed by atoms with Crippen LogP contribution in [0.5, 0.6) is 5.75 Å². The van der Waals surface area contributed by atoms with Crippen molar-refractivity contribution < 1.29 is 33.9 Å². The lowest BCUT2D eigenvalue weighted by Gasteiger charge is -2.30. The van der Waals surface area contributed by atoms with Crippen molar-refractivity contribution in [2.45, 2.75) is 75.2 Å². The smallest absolute Gasteiger partial charge is 0.246 e. The Morgan fingerprint density at radius 2 is 1.62 bits per heavy atom. The second kappa shape index (κ2) is 15.6. The molecule has 0 radical (unpaired) electrons. The van der Waals surface area contributed by atoms with Gasteiger partial charge in [0.2, 0.25) is 35.4 Å². The predicted octanol–water partition coefficient (Wildman–Crippen LogP) is -0.269. The molecule has 0 aliphatic carbocycles. The molecule has 6 amide bonds. The first-order valence-corrected chi connectivity index (χ1v) is 16.5. The van der Waals surface area contributed by atoms with Crippen LogP contribution >= 0.6 is 0 Å². The molecule has 15 heteroatoms. The van der Waals surface area contributed by atoms with Crippen LogP contribution in [-0.4, -0.2) is 87.2 Å². The molecular formula is C35H42N8O7. The monoisotopic (exact) mass is 686 g/mol. The summed E-state index contributed by atoms with van der Waals surface area (Å²) in [7, 11) is 0. The van der Waals surface area contributed by atoms with Crippen LogP contribution in [0, 0.1) is 0 Å². The Kier molecular flexibility index (Phi) is 11.0. The van der Waals surface area contributed by atoms with Crippen molar-refractivity contribution in [2.75, 3.05) is 6.54 Å². The summed E-state index contributed by atoms with van der Waals surface area (Å²) in [6.45, 7) is 3.99. The number of benzene rings is 2. The number of phenolic OH excluding ortho intramolecular Hbond substituents is 1. The zero-order chi connectivity index (χ0) is 35.9. The maximum atomic E-state index is 13.9. The summed E-state index contributed by atoms with van der Waals surface area (Å²) in [6.07, 6.45) is 3.13. The number of aromatic nitrogens is 1. The number of rotatable bonds is 14. The molecule has 10 N–H and O–H groups in total. The molecule has 0 saturated carbocycles. The molecule has 0 bridgehead atoms. The number of para-hydroxylation sites is 1. The number of carbonyl (C=O) groups is 6. The quantitative estimate of drug-likeness (QED) is 0.112. The Balaban J connectivity index is 1.35. The van der Waals surface area contributed by atoms with Gasteiger partial charge in [0.15, 0.2) is 0 Å². The van der Waals surface area contributed by atoms with Gasteiger partial charge in [0, 0.05) is 42.2 Å². The molecule has 1 aromatic heterocycles. The van der Waals surface area contributed by atoms with E-state index in [1.165, 1.54) is 17.0 Å². The third-order valence-corrected chi connectivity index (χ3v) is 9.06. The summed E-state index contributed by atoms with van der Waals surface area (Å²) in [5, 5.41) is 21.5. The number of nitrogens with two attached hydrogens (primary N) is 2. The summed E-state index contributed by atoms with van der Waals surface area (Å²) in [5.41, 5.74) is 14.0. The fraction of sp³-hybridized carbons (Fsp3) is 0.371. The molecule has 2 aliphatic heterocycles. The number of phenols is 1. The molecule has 5 atom stereocenters. The largest absolute Gasteiger partial charge is 0.508 e. The number of carbonyl (C=O) groups excluding carboxylic acids is 6. The maximum Gasteiger partial charge on any atom is 0.246 e. The highest BCUT2D eigenvalue weighted by Crippen LogP contribution is 2.23. The Bertz CT molecular complexity index is 1790. The van der Waals surface area contributed by atoms with Crippen LogP contribution < -0.4 is 32.7 Å². The Morgan fingerprint density at radius 3 is 2.30 bits per heavy atom. The highest BCUT2D eigenvalue weighted by molar-refractivity contribution is 5.98. The number of nitrogens with one attached hydrogen (secondary N) is 5. The predicted molar refractivity (Wildman–Crippen MR) is 183 cm³/mol. The van der Waals surface area contributed by atoms with E-state index in [0.717, 1.165) is 16.5 Å². The summed E-state index contributed by atoms with van der Waals surface area (Å²) in [6, 6.07) is 8.28. The number of aromatic hydroxyl groups is 1. The highest BCUT2D eigenvalue weighted by Gasteiger charge is 2.40. The summed E-state index contributed by atoms with van der Waals surface area (Å²) < 4.78 is 0. The molecule has 2 saturated heterocycles. The minimum Gasteiger partial charge on any atom is -0.508 e. The third-order valence-electron chi connectivity index (χ3n) is 9.06. The van der Waals surface area contributed by atoms with Crippen molar-refractivity contribution in [1.82, 2.24) is 31.2 Å². The van der Waals surface area contributed by atoms with E-state index in [2.05, 4.69) is 32.8 Å². The van der Waals surface area contributed by atoms with Crippen molar-refractivity contribution >= 4 is 46.3 Å². The zero-order valence-corrected chi connectivity index (χ0v) is 27.4. The lowest BCUT2D eigenvalue weighted by Crippen LogP contribution is -2.59. The minimum absolute atomic E-state index is 0.0347. The van der Waals surface area contributed by atoms with Gasteiger partial charge in [-0.3, -0.25) is 28.8 Å². The lowest BCUT2D eigenvalue weighted by atomic mass is 10.0. The molecule has 0 spiro atoms. The Hall–Kier alpha value is -5.86. The van der Waals surface area contributed by atoms with Crippen molar-refractivity contribution in [3.63, 3.8) is 0 Å². The molecule has 2 fully saturated rings. The van der Waals surface area contributed by atoms with Crippen LogP contribution in [0.15, 0.2) is 67.0 Å². The van der Waals surface area contributed by atoms with Crippen molar-refractivity contribution in [3.05, 3.63) is 78.1 Å². The van der Waals surface area contributed by atoms with Gasteiger partial charge >= 0.3 is 0 Å². The molecule has 5 unspecified atom stereocenters. The third kappa shape index (κ3) is 8.59. The molecular weight excluding hydrogens is 644 g/mol. The van der Waals surface area contributed by atoms with Crippen LogP contribution in [0.3, 0.4) is 0 Å². The normalized spacial score (nSPS) is 18.9. The van der Waals surface area contributed by atoms with E-state index in [1.54, 1.807) is 18.3 Å². The van der Waals surface area contributed by atoms with E-state index in [4.69, 9.17) is 11.5 Å². The first-order chi connectivity index (χ1) is 23.9. The maximum absolute atomic E-state index is 13.9. The van der Waals surface area contributed by atoms with E-state index >= 15 is 0 Å². The average molecular weight is 687 g/mol. The number of fused-ring (bicyclic) bond motifs is 1. The molecule has 5 rings (SSSR count). The van der Waals surface area contributed by atoms with Gasteiger partial charge in [-0.25, -0.2) is 0 Å². The number of likely N-dealkylation sites (tertiary alicyclic amines) is 1. The number of nitrogens with zero attached hydrogens (tertiary/aromatic N) is 1. The fourth-order valence-electron chi connectivity index (χ4n) is 6.44. The van der Waals surface area contributed by atoms with Gasteiger partial charge in [-0.1, -0.05) is 36.9 Å². The lowest BCUT2D eigenvalue weighted by molar-refractivity contribution is -0.143. The van der Waals surface area contributed by atoms with Gasteiger partial charge < -0.3 is 47.7 Å². The first-order valence-electron chi connectivity index (χ1n) is 16.5. The second-order valence-corrected chi connectivity index (χ2v) is 12.7. The number of allylic oxidation sites excluding steroid dienone is 1. The van der Waals surface area contributed by atoms with Gasteiger partial charge in [0.1, 0.15) is 36.0 Å². The van der Waals surface area contributed by atoms with Crippen LogP contribution in [0.1, 0.15) is 43.2 Å². The van der Waals surface area contributed by atoms with E-state index < -0.39 is 72.1 Å². The average Bonchev–Trinajstić information content (AvgIpc) is 3.84. The van der Waals surface area contributed by atoms with E-state index in [1.807, 2.05) is 24.3 Å². The number of primary amides is 2. The van der Waals surface area contributed by atoms with Crippen LogP contribution in [-0.2, 0) is 41.6 Å². The van der Waals surface area contributed by atoms with E-state index in [9.17, 15) is 33.9 Å². The van der Waals surface area contributed by atoms with E-state index in [0.29, 0.717) is 30.5 Å².